The van der Waals surface area contributed by atoms with Crippen LogP contribution in [0.4, 0.5) is 0 Å². The number of esters is 2. The van der Waals surface area contributed by atoms with Crippen molar-refractivity contribution in [2.45, 2.75) is 155 Å². The van der Waals surface area contributed by atoms with Gasteiger partial charge in [-0.3, -0.25) is 0 Å². The molecule has 0 N–H and O–H groups in total. The molecule has 6 nitrogen and oxygen atoms in total. The molecule has 0 atom stereocenters. The van der Waals surface area contributed by atoms with Crippen LogP contribution in [0.2, 0.25) is 0 Å². The molecule has 0 aromatic heterocycles. The van der Waals surface area contributed by atoms with Crippen molar-refractivity contribution in [2.75, 3.05) is 13.2 Å². The summed E-state index contributed by atoms with van der Waals surface area (Å²) in [7, 11) is 0. The van der Waals surface area contributed by atoms with E-state index in [1.165, 1.54) is 103 Å². The molecule has 0 radical (unpaired) electrons. The van der Waals surface area contributed by atoms with E-state index in [1.807, 2.05) is 97.1 Å². The van der Waals surface area contributed by atoms with Gasteiger partial charge in [0.05, 0.1) is 35.5 Å². The Hall–Kier alpha value is -6.24. The maximum Gasteiger partial charge on any atom is 0.338 e. The van der Waals surface area contributed by atoms with Gasteiger partial charge in [-0.05, 0) is 72.5 Å². The minimum Gasteiger partial charge on any atom is -0.492 e. The van der Waals surface area contributed by atoms with E-state index in [9.17, 15) is 9.59 Å². The van der Waals surface area contributed by atoms with E-state index < -0.39 is 0 Å². The molecule has 358 valence electrons. The summed E-state index contributed by atoms with van der Waals surface area (Å²) in [6.45, 7) is 6.09. The summed E-state index contributed by atoms with van der Waals surface area (Å²) in [5.74, 6) is 13.9. The number of ether oxygens (including phenoxy) is 4. The van der Waals surface area contributed by atoms with Crippen molar-refractivity contribution < 1.29 is 28.5 Å². The maximum absolute atomic E-state index is 12.8. The van der Waals surface area contributed by atoms with Gasteiger partial charge in [0, 0.05) is 23.3 Å². The van der Waals surface area contributed by atoms with E-state index in [4.69, 9.17) is 18.9 Å². The molecule has 0 amide bonds. The Morgan fingerprint density at radius 1 is 0.382 bits per heavy atom. The number of rotatable bonds is 30. The molecule has 0 heterocycles. The molecule has 0 aliphatic carbocycles. The Morgan fingerprint density at radius 2 is 0.706 bits per heavy atom. The molecule has 0 fully saturated rings. The van der Waals surface area contributed by atoms with Gasteiger partial charge in [-0.25, -0.2) is 9.59 Å². The molecule has 6 heteroatoms. The van der Waals surface area contributed by atoms with E-state index >= 15 is 0 Å². The molecule has 68 heavy (non-hydrogen) atoms. The molecule has 5 aromatic rings. The summed E-state index contributed by atoms with van der Waals surface area (Å²) in [5.41, 5.74) is 5.75. The van der Waals surface area contributed by atoms with Crippen LogP contribution >= 0.6 is 0 Å². The molecular weight excluding hydrogens is 841 g/mol. The van der Waals surface area contributed by atoms with Crippen molar-refractivity contribution in [3.05, 3.63) is 166 Å². The molecule has 0 bridgehead atoms. The zero-order valence-corrected chi connectivity index (χ0v) is 41.0. The zero-order chi connectivity index (χ0) is 47.7. The van der Waals surface area contributed by atoms with Crippen LogP contribution in [0.15, 0.2) is 121 Å². The van der Waals surface area contributed by atoms with Crippen LogP contribution < -0.4 is 9.47 Å². The topological polar surface area (TPSA) is 71.1 Å². The van der Waals surface area contributed by atoms with Gasteiger partial charge < -0.3 is 18.9 Å². The largest absolute Gasteiger partial charge is 0.492 e. The molecular formula is C62H74O6. The first kappa shape index (κ1) is 52.7. The Labute approximate surface area is 408 Å². The average Bonchev–Trinajstić information content (AvgIpc) is 3.38. The first-order chi connectivity index (χ1) is 33.5. The van der Waals surface area contributed by atoms with Gasteiger partial charge in [0.25, 0.3) is 0 Å². The predicted octanol–water partition coefficient (Wildman–Crippen LogP) is 15.8. The number of hydrogen-bond donors (Lipinski definition) is 0. The monoisotopic (exact) mass is 915 g/mol. The Bertz CT molecular complexity index is 2140. The number of carbonyl (C=O) groups is 2. The van der Waals surface area contributed by atoms with Crippen molar-refractivity contribution >= 4 is 11.9 Å². The number of carbonyl (C=O) groups excluding carboxylic acids is 2. The number of benzene rings is 5. The van der Waals surface area contributed by atoms with E-state index in [2.05, 4.69) is 37.5 Å². The lowest BCUT2D eigenvalue weighted by atomic mass is 10.1. The fraction of sp³-hybridized carbons (Fsp3) is 0.419. The molecule has 0 spiro atoms. The Morgan fingerprint density at radius 3 is 1.04 bits per heavy atom. The van der Waals surface area contributed by atoms with Crippen LogP contribution in [0.5, 0.6) is 11.5 Å². The predicted molar refractivity (Wildman–Crippen MR) is 277 cm³/mol. The van der Waals surface area contributed by atoms with E-state index in [-0.39, 0.29) is 25.2 Å². The Kier molecular flexibility index (Phi) is 25.2. The van der Waals surface area contributed by atoms with E-state index in [0.717, 1.165) is 47.9 Å². The van der Waals surface area contributed by atoms with Crippen LogP contribution in [-0.2, 0) is 22.7 Å². The molecule has 0 unspecified atom stereocenters. The highest BCUT2D eigenvalue weighted by atomic mass is 16.5. The lowest BCUT2D eigenvalue weighted by Crippen LogP contribution is -2.05. The molecule has 0 aliphatic heterocycles. The van der Waals surface area contributed by atoms with Crippen LogP contribution in [0, 0.1) is 23.7 Å². The highest BCUT2D eigenvalue weighted by Crippen LogP contribution is 2.30. The number of unbranched alkanes of at least 4 members (excludes halogenated alkanes) is 18. The molecule has 0 saturated carbocycles. The van der Waals surface area contributed by atoms with E-state index in [1.54, 1.807) is 24.3 Å². The van der Waals surface area contributed by atoms with Crippen LogP contribution in [0.25, 0.3) is 0 Å². The highest BCUT2D eigenvalue weighted by Gasteiger charge is 2.13. The molecule has 0 saturated heterocycles. The van der Waals surface area contributed by atoms with Gasteiger partial charge in [-0.1, -0.05) is 214 Å². The minimum atomic E-state index is -0.380. The second kappa shape index (κ2) is 32.5. The van der Waals surface area contributed by atoms with E-state index in [0.29, 0.717) is 47.0 Å². The molecule has 0 aliphatic rings. The normalized spacial score (nSPS) is 10.6. The van der Waals surface area contributed by atoms with Gasteiger partial charge in [0.15, 0.2) is 0 Å². The van der Waals surface area contributed by atoms with Gasteiger partial charge in [-0.15, -0.1) is 0 Å². The molecule has 5 aromatic carbocycles. The quantitative estimate of drug-likeness (QED) is 0.0260. The second-order valence-corrected chi connectivity index (χ2v) is 17.7. The van der Waals surface area contributed by atoms with Crippen molar-refractivity contribution in [2.24, 2.45) is 0 Å². The van der Waals surface area contributed by atoms with Gasteiger partial charge >= 0.3 is 11.9 Å². The lowest BCUT2D eigenvalue weighted by molar-refractivity contribution is 0.0464. The number of hydrogen-bond acceptors (Lipinski definition) is 6. The molecule has 5 rings (SSSR count). The van der Waals surface area contributed by atoms with Gasteiger partial charge in [-0.2, -0.15) is 0 Å². The third-order valence-electron chi connectivity index (χ3n) is 11.9. The van der Waals surface area contributed by atoms with Crippen molar-refractivity contribution in [3.8, 4) is 35.2 Å². The average molecular weight is 915 g/mol. The second-order valence-electron chi connectivity index (χ2n) is 17.7. The Balaban J connectivity index is 1.31. The summed E-state index contributed by atoms with van der Waals surface area (Å²) >= 11 is 0. The SMILES string of the molecule is CCCCCCCCCCCCOc1cc(C#Cc2ccc(C(=O)OCc3ccccc3)cc2)c(OCCCCCCCCCCCC)cc1C#Cc1ccc(C(=O)OCc2ccccc2)cc1. The summed E-state index contributed by atoms with van der Waals surface area (Å²) in [6, 6.07) is 37.6. The van der Waals surface area contributed by atoms with Crippen LogP contribution in [-0.4, -0.2) is 25.2 Å². The third-order valence-corrected chi connectivity index (χ3v) is 11.9. The lowest BCUT2D eigenvalue weighted by Gasteiger charge is -2.14. The third kappa shape index (κ3) is 20.7. The summed E-state index contributed by atoms with van der Waals surface area (Å²) in [5, 5.41) is 0. The summed E-state index contributed by atoms with van der Waals surface area (Å²) < 4.78 is 24.2. The fourth-order valence-corrected chi connectivity index (χ4v) is 7.81. The first-order valence-electron chi connectivity index (χ1n) is 25.6. The maximum atomic E-state index is 12.8. The minimum absolute atomic E-state index is 0.214. The van der Waals surface area contributed by atoms with Crippen LogP contribution in [0.1, 0.15) is 196 Å². The fourth-order valence-electron chi connectivity index (χ4n) is 7.81. The van der Waals surface area contributed by atoms with Crippen LogP contribution in [0.3, 0.4) is 0 Å². The summed E-state index contributed by atoms with van der Waals surface area (Å²) in [6.07, 6.45) is 24.9. The zero-order valence-electron chi connectivity index (χ0n) is 41.0. The van der Waals surface area contributed by atoms with Crippen molar-refractivity contribution in [3.63, 3.8) is 0 Å². The highest BCUT2D eigenvalue weighted by molar-refractivity contribution is 5.90. The standard InChI is InChI=1S/C62H74O6/c1-3-5-7-9-11-13-15-17-19-27-45-65-59-47-58(44-38-52-35-41-56(42-36-52)62(64)68-50-54-31-25-22-26-32-54)60(66-46-28-20-18-16-14-12-10-8-6-4-2)48-57(59)43-37-51-33-39-55(40-34-51)61(63)67-49-53-29-23-21-24-30-53/h21-26,29-36,39-42,47-48H,3-20,27-28,45-46,49-50H2,1-2H3. The smallest absolute Gasteiger partial charge is 0.338 e. The van der Waals surface area contributed by atoms with Crippen molar-refractivity contribution in [1.29, 1.82) is 0 Å². The van der Waals surface area contributed by atoms with Crippen molar-refractivity contribution in [1.82, 2.24) is 0 Å². The summed E-state index contributed by atoms with van der Waals surface area (Å²) in [4.78, 5) is 25.6. The first-order valence-corrected chi connectivity index (χ1v) is 25.6. The van der Waals surface area contributed by atoms with Gasteiger partial charge in [0.1, 0.15) is 24.7 Å². The van der Waals surface area contributed by atoms with Gasteiger partial charge in [0.2, 0.25) is 0 Å².